The van der Waals surface area contributed by atoms with E-state index in [0.29, 0.717) is 6.61 Å². The minimum Gasteiger partial charge on any atom is -0.462 e. The highest BCUT2D eigenvalue weighted by Crippen LogP contribution is 2.15. The summed E-state index contributed by atoms with van der Waals surface area (Å²) in [5.74, 6) is -0.146. The number of hydrogen-bond acceptors (Lipinski definition) is 2. The third-order valence-corrected chi connectivity index (χ3v) is 6.27. The monoisotopic (exact) mass is 430 g/mol. The predicted octanol–water partition coefficient (Wildman–Crippen LogP) is 9.45. The Morgan fingerprint density at radius 2 is 1.06 bits per heavy atom. The third-order valence-electron chi connectivity index (χ3n) is 6.27. The summed E-state index contributed by atoms with van der Waals surface area (Å²) in [4.78, 5) is 12.4. The van der Waals surface area contributed by atoms with Crippen LogP contribution >= 0.6 is 0 Å². The van der Waals surface area contributed by atoms with Crippen molar-refractivity contribution in [1.29, 1.82) is 0 Å². The van der Waals surface area contributed by atoms with Gasteiger partial charge in [-0.2, -0.15) is 0 Å². The Kier molecular flexibility index (Phi) is 18.4. The molecule has 2 heteroatoms. The molecule has 31 heavy (non-hydrogen) atoms. The van der Waals surface area contributed by atoms with Crippen LogP contribution in [0.15, 0.2) is 24.3 Å². The molecule has 0 amide bonds. The highest BCUT2D eigenvalue weighted by atomic mass is 16.5. The van der Waals surface area contributed by atoms with E-state index in [2.05, 4.69) is 19.9 Å². The summed E-state index contributed by atoms with van der Waals surface area (Å²) in [5, 5.41) is 0. The molecule has 0 heterocycles. The van der Waals surface area contributed by atoms with E-state index in [0.717, 1.165) is 36.8 Å². The maximum absolute atomic E-state index is 12.4. The van der Waals surface area contributed by atoms with Gasteiger partial charge in [-0.25, -0.2) is 4.79 Å². The van der Waals surface area contributed by atoms with E-state index >= 15 is 0 Å². The van der Waals surface area contributed by atoms with Gasteiger partial charge in [0.2, 0.25) is 0 Å². The molecule has 1 aromatic carbocycles. The summed E-state index contributed by atoms with van der Waals surface area (Å²) >= 11 is 0. The number of carbonyl (C=O) groups is 1. The summed E-state index contributed by atoms with van der Waals surface area (Å²) in [5.41, 5.74) is 1.88. The van der Waals surface area contributed by atoms with E-state index in [4.69, 9.17) is 4.74 Å². The van der Waals surface area contributed by atoms with Gasteiger partial charge in [0.05, 0.1) is 12.2 Å². The summed E-state index contributed by atoms with van der Waals surface area (Å²) < 4.78 is 5.53. The first-order chi connectivity index (χ1) is 15.3. The van der Waals surface area contributed by atoms with Gasteiger partial charge in [0.1, 0.15) is 0 Å². The van der Waals surface area contributed by atoms with E-state index in [1.807, 2.05) is 18.2 Å². The Hall–Kier alpha value is -1.31. The molecule has 0 N–H and O–H groups in total. The van der Waals surface area contributed by atoms with Crippen LogP contribution in [0, 0.1) is 0 Å². The Morgan fingerprint density at radius 3 is 1.58 bits per heavy atom. The van der Waals surface area contributed by atoms with Gasteiger partial charge >= 0.3 is 5.97 Å². The lowest BCUT2D eigenvalue weighted by molar-refractivity contribution is 0.0496. The van der Waals surface area contributed by atoms with Gasteiger partial charge in [0.15, 0.2) is 0 Å². The number of esters is 1. The smallest absolute Gasteiger partial charge is 0.338 e. The van der Waals surface area contributed by atoms with Crippen molar-refractivity contribution < 1.29 is 9.53 Å². The van der Waals surface area contributed by atoms with E-state index < -0.39 is 0 Å². The summed E-state index contributed by atoms with van der Waals surface area (Å²) in [7, 11) is 0. The first kappa shape index (κ1) is 27.7. The molecule has 0 aliphatic heterocycles. The van der Waals surface area contributed by atoms with Crippen LogP contribution in [-0.4, -0.2) is 12.6 Å². The van der Waals surface area contributed by atoms with Gasteiger partial charge in [-0.1, -0.05) is 135 Å². The summed E-state index contributed by atoms with van der Waals surface area (Å²) in [6, 6.07) is 7.90. The fraction of sp³-hybridized carbons (Fsp3) is 0.759. The van der Waals surface area contributed by atoms with Gasteiger partial charge in [-0.05, 0) is 30.9 Å². The number of ether oxygens (including phenoxy) is 1. The third kappa shape index (κ3) is 15.2. The molecule has 178 valence electrons. The molecule has 0 saturated heterocycles. The van der Waals surface area contributed by atoms with Crippen LogP contribution in [0.2, 0.25) is 0 Å². The number of aryl methyl sites for hydroxylation is 1. The SMILES string of the molecule is CCCCCCCCCCCCCCCCCCOC(=O)c1ccccc1CCCC. The zero-order valence-electron chi connectivity index (χ0n) is 20.8. The van der Waals surface area contributed by atoms with Crippen molar-refractivity contribution in [2.24, 2.45) is 0 Å². The Morgan fingerprint density at radius 1 is 0.613 bits per heavy atom. The first-order valence-corrected chi connectivity index (χ1v) is 13.5. The largest absolute Gasteiger partial charge is 0.462 e. The van der Waals surface area contributed by atoms with Gasteiger partial charge in [0.25, 0.3) is 0 Å². The van der Waals surface area contributed by atoms with Crippen molar-refractivity contribution in [2.75, 3.05) is 6.61 Å². The van der Waals surface area contributed by atoms with Gasteiger partial charge in [-0.3, -0.25) is 0 Å². The fourth-order valence-corrected chi connectivity index (χ4v) is 4.20. The summed E-state index contributed by atoms with van der Waals surface area (Å²) in [6.45, 7) is 5.02. The number of carbonyl (C=O) groups excluding carboxylic acids is 1. The van der Waals surface area contributed by atoms with Crippen LogP contribution in [0.25, 0.3) is 0 Å². The second-order valence-corrected chi connectivity index (χ2v) is 9.20. The molecule has 0 aliphatic carbocycles. The molecule has 1 aromatic rings. The fourth-order valence-electron chi connectivity index (χ4n) is 4.20. The quantitative estimate of drug-likeness (QED) is 0.143. The Labute approximate surface area is 193 Å². The highest BCUT2D eigenvalue weighted by molar-refractivity contribution is 5.91. The molecular formula is C29H50O2. The molecular weight excluding hydrogens is 380 g/mol. The van der Waals surface area contributed by atoms with Crippen molar-refractivity contribution in [1.82, 2.24) is 0 Å². The van der Waals surface area contributed by atoms with Crippen LogP contribution in [0.3, 0.4) is 0 Å². The van der Waals surface area contributed by atoms with Crippen LogP contribution in [-0.2, 0) is 11.2 Å². The minimum atomic E-state index is -0.146. The summed E-state index contributed by atoms with van der Waals surface area (Å²) in [6.07, 6.45) is 24.9. The minimum absolute atomic E-state index is 0.146. The van der Waals surface area contributed by atoms with Crippen molar-refractivity contribution in [2.45, 2.75) is 136 Å². The molecule has 0 bridgehead atoms. The van der Waals surface area contributed by atoms with Crippen molar-refractivity contribution in [3.8, 4) is 0 Å². The molecule has 0 atom stereocenters. The first-order valence-electron chi connectivity index (χ1n) is 13.5. The molecule has 2 nitrogen and oxygen atoms in total. The lowest BCUT2D eigenvalue weighted by Gasteiger charge is -2.09. The molecule has 0 aromatic heterocycles. The lowest BCUT2D eigenvalue weighted by Crippen LogP contribution is -2.09. The van der Waals surface area contributed by atoms with Crippen LogP contribution in [0.5, 0.6) is 0 Å². The zero-order valence-corrected chi connectivity index (χ0v) is 20.8. The molecule has 0 unspecified atom stereocenters. The van der Waals surface area contributed by atoms with Gasteiger partial charge in [-0.15, -0.1) is 0 Å². The number of unbranched alkanes of at least 4 members (excludes halogenated alkanes) is 16. The second-order valence-electron chi connectivity index (χ2n) is 9.20. The van der Waals surface area contributed by atoms with E-state index in [-0.39, 0.29) is 5.97 Å². The van der Waals surface area contributed by atoms with E-state index in [1.54, 1.807) is 0 Å². The zero-order chi connectivity index (χ0) is 22.4. The maximum Gasteiger partial charge on any atom is 0.338 e. The van der Waals surface area contributed by atoms with Crippen molar-refractivity contribution in [3.63, 3.8) is 0 Å². The van der Waals surface area contributed by atoms with Gasteiger partial charge < -0.3 is 4.74 Å². The number of benzene rings is 1. The molecule has 0 spiro atoms. The molecule has 1 rings (SSSR count). The standard InChI is InChI=1S/C29H50O2/c1-3-5-7-8-9-10-11-12-13-14-15-16-17-18-19-22-26-31-29(30)28-25-21-20-24-27(28)23-6-4-2/h20-21,24-25H,3-19,22-23,26H2,1-2H3. The second kappa shape index (κ2) is 20.6. The topological polar surface area (TPSA) is 26.3 Å². The lowest BCUT2D eigenvalue weighted by atomic mass is 10.0. The molecule has 0 fully saturated rings. The van der Waals surface area contributed by atoms with Crippen molar-refractivity contribution in [3.05, 3.63) is 35.4 Å². The van der Waals surface area contributed by atoms with Crippen LogP contribution < -0.4 is 0 Å². The molecule has 0 saturated carbocycles. The van der Waals surface area contributed by atoms with E-state index in [9.17, 15) is 4.79 Å². The van der Waals surface area contributed by atoms with Crippen LogP contribution in [0.4, 0.5) is 0 Å². The van der Waals surface area contributed by atoms with Crippen molar-refractivity contribution >= 4 is 5.97 Å². The average molecular weight is 431 g/mol. The predicted molar refractivity (Wildman–Crippen MR) is 135 cm³/mol. The maximum atomic E-state index is 12.4. The Balaban J connectivity index is 1.90. The highest BCUT2D eigenvalue weighted by Gasteiger charge is 2.11. The molecule has 0 aliphatic rings. The normalized spacial score (nSPS) is 11.0. The number of hydrogen-bond donors (Lipinski definition) is 0. The van der Waals surface area contributed by atoms with Crippen LogP contribution in [0.1, 0.15) is 145 Å². The van der Waals surface area contributed by atoms with Gasteiger partial charge in [0, 0.05) is 0 Å². The average Bonchev–Trinajstić information content (AvgIpc) is 2.79. The van der Waals surface area contributed by atoms with E-state index in [1.165, 1.54) is 96.3 Å². The number of rotatable bonds is 21. The molecule has 0 radical (unpaired) electrons. The Bertz CT molecular complexity index is 537.